The zero-order valence-corrected chi connectivity index (χ0v) is 11.2. The van der Waals surface area contributed by atoms with Crippen LogP contribution in [-0.2, 0) is 16.4 Å². The Morgan fingerprint density at radius 2 is 2.11 bits per heavy atom. The molecule has 2 rings (SSSR count). The van der Waals surface area contributed by atoms with Gasteiger partial charge in [-0.05, 0) is 24.3 Å². The topological polar surface area (TPSA) is 98.0 Å². The third kappa shape index (κ3) is 3.41. The van der Waals surface area contributed by atoms with E-state index in [1.807, 2.05) is 0 Å². The van der Waals surface area contributed by atoms with Crippen molar-refractivity contribution in [1.29, 1.82) is 0 Å². The number of nitrogen functional groups attached to an aromatic ring is 1. The molecule has 7 heteroatoms. The van der Waals surface area contributed by atoms with Crippen LogP contribution >= 0.6 is 0 Å². The van der Waals surface area contributed by atoms with Gasteiger partial charge in [-0.1, -0.05) is 0 Å². The summed E-state index contributed by atoms with van der Waals surface area (Å²) in [6, 6.07) is 6.40. The van der Waals surface area contributed by atoms with Crippen molar-refractivity contribution in [2.45, 2.75) is 11.4 Å². The van der Waals surface area contributed by atoms with Crippen LogP contribution in [0.25, 0.3) is 0 Å². The van der Waals surface area contributed by atoms with Crippen molar-refractivity contribution < 1.29 is 8.42 Å². The molecule has 0 unspecified atom stereocenters. The fourth-order valence-electron chi connectivity index (χ4n) is 1.54. The zero-order chi connectivity index (χ0) is 13.9. The van der Waals surface area contributed by atoms with E-state index in [2.05, 4.69) is 15.3 Å². The fraction of sp³-hybridized carbons (Fsp3) is 0.167. The number of nitrogens with one attached hydrogen (secondary N) is 1. The quantitative estimate of drug-likeness (QED) is 0.812. The van der Waals surface area contributed by atoms with E-state index in [-0.39, 0.29) is 4.90 Å². The number of hydrogen-bond donors (Lipinski definition) is 2. The van der Waals surface area contributed by atoms with Gasteiger partial charge in [-0.3, -0.25) is 0 Å². The molecule has 1 aromatic carbocycles. The standard InChI is InChI=1S/C12H14N4O2S/c1-19(17,18)10-2-3-12(11(13)6-10)15-7-9-4-5-14-8-16-9/h2-6,8,15H,7,13H2,1H3. The van der Waals surface area contributed by atoms with Gasteiger partial charge >= 0.3 is 0 Å². The highest BCUT2D eigenvalue weighted by Gasteiger charge is 2.09. The lowest BCUT2D eigenvalue weighted by atomic mass is 10.2. The molecule has 100 valence electrons. The van der Waals surface area contributed by atoms with Gasteiger partial charge in [0.1, 0.15) is 6.33 Å². The first-order chi connectivity index (χ1) is 8.97. The van der Waals surface area contributed by atoms with Crippen LogP contribution in [0.5, 0.6) is 0 Å². The molecule has 0 saturated heterocycles. The fourth-order valence-corrected chi connectivity index (χ4v) is 2.20. The second kappa shape index (κ2) is 5.23. The first-order valence-electron chi connectivity index (χ1n) is 5.55. The molecule has 3 N–H and O–H groups in total. The molecular weight excluding hydrogens is 264 g/mol. The molecule has 6 nitrogen and oxygen atoms in total. The number of benzene rings is 1. The van der Waals surface area contributed by atoms with Gasteiger partial charge in [0, 0.05) is 12.5 Å². The number of nitrogens with zero attached hydrogens (tertiary/aromatic N) is 2. The Morgan fingerprint density at radius 1 is 1.32 bits per heavy atom. The van der Waals surface area contributed by atoms with Crippen LogP contribution in [0.15, 0.2) is 41.7 Å². The van der Waals surface area contributed by atoms with Crippen molar-refractivity contribution >= 4 is 21.2 Å². The van der Waals surface area contributed by atoms with Gasteiger partial charge in [0.05, 0.1) is 28.5 Å². The highest BCUT2D eigenvalue weighted by Crippen LogP contribution is 2.22. The normalized spacial score (nSPS) is 11.2. The molecule has 0 atom stereocenters. The molecule has 1 aromatic heterocycles. The first kappa shape index (κ1) is 13.3. The van der Waals surface area contributed by atoms with Crippen molar-refractivity contribution in [2.24, 2.45) is 0 Å². The lowest BCUT2D eigenvalue weighted by Crippen LogP contribution is -2.05. The van der Waals surface area contributed by atoms with Crippen molar-refractivity contribution in [3.05, 3.63) is 42.5 Å². The zero-order valence-electron chi connectivity index (χ0n) is 10.4. The Labute approximate surface area is 111 Å². The van der Waals surface area contributed by atoms with Crippen LogP contribution in [0, 0.1) is 0 Å². The van der Waals surface area contributed by atoms with Crippen molar-refractivity contribution in [2.75, 3.05) is 17.3 Å². The van der Waals surface area contributed by atoms with E-state index in [1.165, 1.54) is 18.5 Å². The lowest BCUT2D eigenvalue weighted by Gasteiger charge is -2.10. The van der Waals surface area contributed by atoms with Crippen LogP contribution in [0.3, 0.4) is 0 Å². The van der Waals surface area contributed by atoms with E-state index in [9.17, 15) is 8.42 Å². The van der Waals surface area contributed by atoms with Gasteiger partial charge in [0.15, 0.2) is 9.84 Å². The molecule has 0 bridgehead atoms. The SMILES string of the molecule is CS(=O)(=O)c1ccc(NCc2ccncn2)c(N)c1. The Balaban J connectivity index is 2.14. The lowest BCUT2D eigenvalue weighted by molar-refractivity contribution is 0.602. The summed E-state index contributed by atoms with van der Waals surface area (Å²) in [5, 5.41) is 3.10. The number of aromatic nitrogens is 2. The summed E-state index contributed by atoms with van der Waals surface area (Å²) in [7, 11) is -3.24. The van der Waals surface area contributed by atoms with Gasteiger partial charge in [-0.25, -0.2) is 18.4 Å². The van der Waals surface area contributed by atoms with E-state index < -0.39 is 9.84 Å². The average molecular weight is 278 g/mol. The molecule has 0 fully saturated rings. The maximum atomic E-state index is 11.4. The molecule has 1 heterocycles. The monoisotopic (exact) mass is 278 g/mol. The molecule has 0 amide bonds. The molecule has 19 heavy (non-hydrogen) atoms. The number of rotatable bonds is 4. The molecule has 0 aliphatic carbocycles. The van der Waals surface area contributed by atoms with Gasteiger partial charge in [0.25, 0.3) is 0 Å². The molecular formula is C12H14N4O2S. The van der Waals surface area contributed by atoms with Crippen molar-refractivity contribution in [1.82, 2.24) is 9.97 Å². The average Bonchev–Trinajstić information content (AvgIpc) is 2.37. The molecule has 2 aromatic rings. The summed E-state index contributed by atoms with van der Waals surface area (Å²) in [5.74, 6) is 0. The van der Waals surface area contributed by atoms with E-state index in [1.54, 1.807) is 18.3 Å². The van der Waals surface area contributed by atoms with Crippen LogP contribution in [0.2, 0.25) is 0 Å². The first-order valence-corrected chi connectivity index (χ1v) is 7.44. The van der Waals surface area contributed by atoms with Crippen LogP contribution in [0.4, 0.5) is 11.4 Å². The van der Waals surface area contributed by atoms with Gasteiger partial charge in [0.2, 0.25) is 0 Å². The Morgan fingerprint density at radius 3 is 2.68 bits per heavy atom. The maximum absolute atomic E-state index is 11.4. The Kier molecular flexibility index (Phi) is 3.66. The number of sulfone groups is 1. The third-order valence-electron chi connectivity index (χ3n) is 2.55. The number of nitrogens with two attached hydrogens (primary N) is 1. The molecule has 0 saturated carbocycles. The van der Waals surface area contributed by atoms with Crippen LogP contribution in [-0.4, -0.2) is 24.6 Å². The van der Waals surface area contributed by atoms with Crippen molar-refractivity contribution in [3.8, 4) is 0 Å². The second-order valence-corrected chi connectivity index (χ2v) is 6.09. The van der Waals surface area contributed by atoms with E-state index in [0.717, 1.165) is 11.9 Å². The van der Waals surface area contributed by atoms with Crippen LogP contribution < -0.4 is 11.1 Å². The van der Waals surface area contributed by atoms with E-state index >= 15 is 0 Å². The predicted molar refractivity (Wildman–Crippen MR) is 73.3 cm³/mol. The van der Waals surface area contributed by atoms with Crippen LogP contribution in [0.1, 0.15) is 5.69 Å². The Bertz CT molecular complexity index is 671. The largest absolute Gasteiger partial charge is 0.397 e. The number of anilines is 2. The summed E-state index contributed by atoms with van der Waals surface area (Å²) < 4.78 is 22.8. The molecule has 0 aliphatic rings. The van der Waals surface area contributed by atoms with Crippen molar-refractivity contribution in [3.63, 3.8) is 0 Å². The highest BCUT2D eigenvalue weighted by molar-refractivity contribution is 7.90. The van der Waals surface area contributed by atoms with E-state index in [4.69, 9.17) is 5.73 Å². The molecule has 0 spiro atoms. The number of hydrogen-bond acceptors (Lipinski definition) is 6. The maximum Gasteiger partial charge on any atom is 0.175 e. The summed E-state index contributed by atoms with van der Waals surface area (Å²) in [6.07, 6.45) is 4.27. The van der Waals surface area contributed by atoms with Gasteiger partial charge < -0.3 is 11.1 Å². The van der Waals surface area contributed by atoms with Gasteiger partial charge in [-0.2, -0.15) is 0 Å². The van der Waals surface area contributed by atoms with E-state index in [0.29, 0.717) is 17.9 Å². The minimum atomic E-state index is -3.24. The summed E-state index contributed by atoms with van der Waals surface area (Å²) in [5.41, 5.74) is 7.70. The molecule has 0 aliphatic heterocycles. The Hall–Kier alpha value is -2.15. The minimum absolute atomic E-state index is 0.206. The second-order valence-electron chi connectivity index (χ2n) is 4.08. The minimum Gasteiger partial charge on any atom is -0.397 e. The van der Waals surface area contributed by atoms with Gasteiger partial charge in [-0.15, -0.1) is 0 Å². The summed E-state index contributed by atoms with van der Waals surface area (Å²) in [6.45, 7) is 0.491. The summed E-state index contributed by atoms with van der Waals surface area (Å²) in [4.78, 5) is 8.10. The highest BCUT2D eigenvalue weighted by atomic mass is 32.2. The molecule has 0 radical (unpaired) electrons. The summed E-state index contributed by atoms with van der Waals surface area (Å²) >= 11 is 0. The third-order valence-corrected chi connectivity index (χ3v) is 3.66. The predicted octanol–water partition coefficient (Wildman–Crippen LogP) is 1.07. The smallest absolute Gasteiger partial charge is 0.175 e.